The molecule has 0 amide bonds. The van der Waals surface area contributed by atoms with E-state index < -0.39 is 0 Å². The lowest BCUT2D eigenvalue weighted by molar-refractivity contribution is 0.110. The van der Waals surface area contributed by atoms with Crippen molar-refractivity contribution in [3.8, 4) is 17.2 Å². The fraction of sp³-hybridized carbons (Fsp3) is 0.435. The van der Waals surface area contributed by atoms with Crippen LogP contribution in [0.1, 0.15) is 23.6 Å². The number of benzene rings is 2. The highest BCUT2D eigenvalue weighted by Gasteiger charge is 2.13. The molecule has 0 aliphatic carbocycles. The number of fused-ring (bicyclic) bond motifs is 1. The lowest BCUT2D eigenvalue weighted by atomic mass is 10.1. The van der Waals surface area contributed by atoms with Crippen LogP contribution in [0.3, 0.4) is 0 Å². The van der Waals surface area contributed by atoms with E-state index in [1.165, 1.54) is 5.56 Å². The first kappa shape index (κ1) is 21.8. The molecule has 0 saturated heterocycles. The van der Waals surface area contributed by atoms with E-state index in [1.54, 1.807) is 7.05 Å². The first-order valence-electron chi connectivity index (χ1n) is 10.3. The molecule has 1 heterocycles. The Kier molecular flexibility index (Phi) is 8.20. The van der Waals surface area contributed by atoms with Crippen LogP contribution in [0.25, 0.3) is 0 Å². The van der Waals surface area contributed by atoms with Gasteiger partial charge in [-0.3, -0.25) is 4.99 Å². The third-order valence-electron chi connectivity index (χ3n) is 4.73. The molecule has 162 valence electrons. The van der Waals surface area contributed by atoms with Crippen molar-refractivity contribution in [3.05, 3.63) is 53.1 Å². The molecule has 2 aromatic carbocycles. The summed E-state index contributed by atoms with van der Waals surface area (Å²) in [5, 5.41) is 6.71. The Morgan fingerprint density at radius 1 is 1.07 bits per heavy atom. The summed E-state index contributed by atoms with van der Waals surface area (Å²) in [4.78, 5) is 4.31. The lowest BCUT2D eigenvalue weighted by Gasteiger charge is -2.15. The Balaban J connectivity index is 1.48. The van der Waals surface area contributed by atoms with E-state index in [2.05, 4.69) is 46.8 Å². The SMILES string of the molecule is CCOCCOc1cc(C)ccc1CNC(=NC)NCCc1ccc2c(c1)OCO2. The van der Waals surface area contributed by atoms with Crippen molar-refractivity contribution in [1.82, 2.24) is 10.6 Å². The standard InChI is InChI=1S/C23H31N3O4/c1-4-27-11-12-28-21-13-17(2)5-7-19(21)15-26-23(24-3)25-10-9-18-6-8-20-22(14-18)30-16-29-20/h5-8,13-14H,4,9-12,15-16H2,1-3H3,(H2,24,25,26). The molecule has 3 rings (SSSR count). The average Bonchev–Trinajstić information content (AvgIpc) is 3.22. The van der Waals surface area contributed by atoms with Gasteiger partial charge in [0.05, 0.1) is 6.61 Å². The van der Waals surface area contributed by atoms with Crippen molar-refractivity contribution in [2.75, 3.05) is 40.2 Å². The third kappa shape index (κ3) is 6.29. The normalized spacial score (nSPS) is 12.7. The van der Waals surface area contributed by atoms with Crippen LogP contribution in [0, 0.1) is 6.92 Å². The molecule has 0 fully saturated rings. The van der Waals surface area contributed by atoms with E-state index in [4.69, 9.17) is 18.9 Å². The second-order valence-corrected chi connectivity index (χ2v) is 6.95. The molecule has 2 N–H and O–H groups in total. The smallest absolute Gasteiger partial charge is 0.231 e. The van der Waals surface area contributed by atoms with Crippen LogP contribution in [0.4, 0.5) is 0 Å². The van der Waals surface area contributed by atoms with Crippen LogP contribution in [0.2, 0.25) is 0 Å². The van der Waals surface area contributed by atoms with E-state index in [9.17, 15) is 0 Å². The van der Waals surface area contributed by atoms with E-state index in [0.717, 1.165) is 47.3 Å². The molecule has 2 aromatic rings. The molecule has 1 aliphatic rings. The monoisotopic (exact) mass is 413 g/mol. The fourth-order valence-corrected chi connectivity index (χ4v) is 3.12. The maximum Gasteiger partial charge on any atom is 0.231 e. The van der Waals surface area contributed by atoms with E-state index in [0.29, 0.717) is 33.2 Å². The molecular weight excluding hydrogens is 382 g/mol. The molecule has 0 spiro atoms. The molecular formula is C23H31N3O4. The summed E-state index contributed by atoms with van der Waals surface area (Å²) in [6, 6.07) is 12.3. The first-order valence-corrected chi connectivity index (χ1v) is 10.3. The van der Waals surface area contributed by atoms with Crippen molar-refractivity contribution >= 4 is 5.96 Å². The summed E-state index contributed by atoms with van der Waals surface area (Å²) in [6.45, 7) is 7.52. The lowest BCUT2D eigenvalue weighted by Crippen LogP contribution is -2.37. The maximum absolute atomic E-state index is 5.91. The molecule has 30 heavy (non-hydrogen) atoms. The summed E-state index contributed by atoms with van der Waals surface area (Å²) < 4.78 is 22.1. The zero-order valence-corrected chi connectivity index (χ0v) is 18.0. The Hall–Kier alpha value is -2.93. The third-order valence-corrected chi connectivity index (χ3v) is 4.73. The molecule has 0 atom stereocenters. The number of hydrogen-bond acceptors (Lipinski definition) is 5. The van der Waals surface area contributed by atoms with Gasteiger partial charge in [0.15, 0.2) is 17.5 Å². The number of aryl methyl sites for hydroxylation is 1. The second-order valence-electron chi connectivity index (χ2n) is 6.95. The fourth-order valence-electron chi connectivity index (χ4n) is 3.12. The van der Waals surface area contributed by atoms with Gasteiger partial charge < -0.3 is 29.6 Å². The predicted octanol–water partition coefficient (Wildman–Crippen LogP) is 3.05. The van der Waals surface area contributed by atoms with Crippen LogP contribution in [-0.2, 0) is 17.7 Å². The zero-order valence-electron chi connectivity index (χ0n) is 18.0. The van der Waals surface area contributed by atoms with Crippen molar-refractivity contribution in [2.24, 2.45) is 4.99 Å². The molecule has 1 aliphatic heterocycles. The predicted molar refractivity (Wildman–Crippen MR) is 118 cm³/mol. The number of guanidine groups is 1. The molecule has 7 nitrogen and oxygen atoms in total. The van der Waals surface area contributed by atoms with Gasteiger partial charge in [0, 0.05) is 32.3 Å². The highest BCUT2D eigenvalue weighted by molar-refractivity contribution is 5.79. The number of rotatable bonds is 10. The van der Waals surface area contributed by atoms with Gasteiger partial charge in [-0.15, -0.1) is 0 Å². The Bertz CT molecular complexity index is 854. The van der Waals surface area contributed by atoms with Crippen molar-refractivity contribution in [3.63, 3.8) is 0 Å². The molecule has 0 bridgehead atoms. The minimum Gasteiger partial charge on any atom is -0.491 e. The van der Waals surface area contributed by atoms with Gasteiger partial charge in [0.1, 0.15) is 12.4 Å². The second kappa shape index (κ2) is 11.3. The summed E-state index contributed by atoms with van der Waals surface area (Å²) in [5.74, 6) is 3.24. The Labute approximate surface area is 178 Å². The van der Waals surface area contributed by atoms with Gasteiger partial charge in [-0.25, -0.2) is 0 Å². The highest BCUT2D eigenvalue weighted by atomic mass is 16.7. The van der Waals surface area contributed by atoms with Crippen LogP contribution in [0.15, 0.2) is 41.4 Å². The van der Waals surface area contributed by atoms with Gasteiger partial charge >= 0.3 is 0 Å². The summed E-state index contributed by atoms with van der Waals surface area (Å²) in [6.07, 6.45) is 0.855. The maximum atomic E-state index is 5.91. The van der Waals surface area contributed by atoms with Crippen LogP contribution < -0.4 is 24.8 Å². The largest absolute Gasteiger partial charge is 0.491 e. The highest BCUT2D eigenvalue weighted by Crippen LogP contribution is 2.32. The van der Waals surface area contributed by atoms with Crippen LogP contribution in [0.5, 0.6) is 17.2 Å². The summed E-state index contributed by atoms with van der Waals surface area (Å²) in [5.41, 5.74) is 3.43. The van der Waals surface area contributed by atoms with E-state index in [-0.39, 0.29) is 0 Å². The van der Waals surface area contributed by atoms with Gasteiger partial charge in [0.2, 0.25) is 6.79 Å². The number of nitrogens with zero attached hydrogens (tertiary/aromatic N) is 1. The van der Waals surface area contributed by atoms with Crippen molar-refractivity contribution in [1.29, 1.82) is 0 Å². The van der Waals surface area contributed by atoms with Crippen LogP contribution in [-0.4, -0.2) is 46.2 Å². The minimum atomic E-state index is 0.296. The minimum absolute atomic E-state index is 0.296. The van der Waals surface area contributed by atoms with Crippen molar-refractivity contribution in [2.45, 2.75) is 26.8 Å². The van der Waals surface area contributed by atoms with Gasteiger partial charge in [-0.1, -0.05) is 18.2 Å². The van der Waals surface area contributed by atoms with Gasteiger partial charge in [-0.2, -0.15) is 0 Å². The number of hydrogen-bond donors (Lipinski definition) is 2. The van der Waals surface area contributed by atoms with Crippen LogP contribution >= 0.6 is 0 Å². The Morgan fingerprint density at radius 3 is 2.77 bits per heavy atom. The van der Waals surface area contributed by atoms with Crippen molar-refractivity contribution < 1.29 is 18.9 Å². The first-order chi connectivity index (χ1) is 14.7. The van der Waals surface area contributed by atoms with Gasteiger partial charge in [0.25, 0.3) is 0 Å². The summed E-state index contributed by atoms with van der Waals surface area (Å²) in [7, 11) is 1.77. The number of nitrogens with one attached hydrogen (secondary N) is 2. The topological polar surface area (TPSA) is 73.3 Å². The summed E-state index contributed by atoms with van der Waals surface area (Å²) >= 11 is 0. The van der Waals surface area contributed by atoms with Gasteiger partial charge in [-0.05, 0) is 49.6 Å². The molecule has 0 unspecified atom stereocenters. The molecule has 0 aromatic heterocycles. The quantitative estimate of drug-likeness (QED) is 0.354. The van der Waals surface area contributed by atoms with E-state index >= 15 is 0 Å². The van der Waals surface area contributed by atoms with E-state index in [1.807, 2.05) is 19.1 Å². The average molecular weight is 414 g/mol. The zero-order chi connectivity index (χ0) is 21.2. The molecule has 0 saturated carbocycles. The number of aliphatic imine (C=N–C) groups is 1. The Morgan fingerprint density at radius 2 is 1.93 bits per heavy atom. The molecule has 0 radical (unpaired) electrons. The number of ether oxygens (including phenoxy) is 4. The molecule has 7 heteroatoms.